The largest absolute Gasteiger partial charge is 0.321 e. The van der Waals surface area contributed by atoms with Gasteiger partial charge in [0, 0.05) is 6.54 Å². The zero-order valence-corrected chi connectivity index (χ0v) is 6.41. The lowest BCUT2D eigenvalue weighted by Crippen LogP contribution is -2.27. The monoisotopic (exact) mass is 155 g/mol. The highest BCUT2D eigenvalue weighted by Gasteiger charge is 2.11. The molecule has 0 saturated carbocycles. The first-order valence-electron chi connectivity index (χ1n) is 3.20. The summed E-state index contributed by atoms with van der Waals surface area (Å²) in [6.07, 6.45) is 1.90. The van der Waals surface area contributed by atoms with Crippen molar-refractivity contribution in [3.05, 3.63) is 12.8 Å². The molecule has 4 heteroatoms. The zero-order valence-electron chi connectivity index (χ0n) is 6.41. The third kappa shape index (κ3) is 3.40. The Labute approximate surface area is 65.7 Å². The summed E-state index contributed by atoms with van der Waals surface area (Å²) in [4.78, 5) is 21.8. The molecule has 0 aromatic heterocycles. The molecule has 0 saturated heterocycles. The van der Waals surface area contributed by atoms with Crippen LogP contribution in [0.1, 0.15) is 6.92 Å². The Hall–Kier alpha value is -1.32. The summed E-state index contributed by atoms with van der Waals surface area (Å²) in [5.74, 6) is -1.11. The van der Waals surface area contributed by atoms with Crippen molar-refractivity contribution in [3.8, 4) is 0 Å². The van der Waals surface area contributed by atoms with E-state index in [2.05, 4.69) is 6.58 Å². The van der Waals surface area contributed by atoms with E-state index < -0.39 is 11.8 Å². The molecule has 0 spiro atoms. The number of carbonyl (C=O) groups is 2. The van der Waals surface area contributed by atoms with E-state index in [0.29, 0.717) is 6.41 Å². The smallest absolute Gasteiger partial charge is 0.243 e. The molecule has 4 nitrogen and oxygen atoms in total. The van der Waals surface area contributed by atoms with E-state index in [1.54, 1.807) is 6.92 Å². The SMILES string of the molecule is C=CN(C=O)CC(C)C([NH])=O. The molecule has 0 aromatic carbocycles. The molecule has 0 rings (SSSR count). The second-order valence-electron chi connectivity index (χ2n) is 2.25. The Balaban J connectivity index is 3.90. The van der Waals surface area contributed by atoms with Crippen LogP contribution in [0.25, 0.3) is 0 Å². The van der Waals surface area contributed by atoms with Gasteiger partial charge in [0.05, 0.1) is 5.92 Å². The summed E-state index contributed by atoms with van der Waals surface area (Å²) in [6, 6.07) is 0. The van der Waals surface area contributed by atoms with Crippen molar-refractivity contribution in [3.63, 3.8) is 0 Å². The summed E-state index contributed by atoms with van der Waals surface area (Å²) in [5.41, 5.74) is 6.71. The van der Waals surface area contributed by atoms with E-state index in [-0.39, 0.29) is 6.54 Å². The van der Waals surface area contributed by atoms with Crippen LogP contribution in [0.5, 0.6) is 0 Å². The van der Waals surface area contributed by atoms with Gasteiger partial charge < -0.3 is 4.90 Å². The highest BCUT2D eigenvalue weighted by Crippen LogP contribution is 1.97. The predicted molar refractivity (Wildman–Crippen MR) is 40.2 cm³/mol. The van der Waals surface area contributed by atoms with Gasteiger partial charge in [-0.15, -0.1) is 0 Å². The van der Waals surface area contributed by atoms with Crippen LogP contribution in [-0.4, -0.2) is 23.8 Å². The third-order valence-electron chi connectivity index (χ3n) is 1.30. The van der Waals surface area contributed by atoms with Gasteiger partial charge in [0.1, 0.15) is 0 Å². The Bertz CT molecular complexity index is 160. The van der Waals surface area contributed by atoms with E-state index in [1.807, 2.05) is 0 Å². The van der Waals surface area contributed by atoms with Crippen LogP contribution in [0.4, 0.5) is 0 Å². The average Bonchev–Trinajstić information content (AvgIpc) is 1.99. The maximum absolute atomic E-state index is 10.4. The zero-order chi connectivity index (χ0) is 8.85. The number of carbonyl (C=O) groups excluding carboxylic acids is 2. The van der Waals surface area contributed by atoms with E-state index in [0.717, 1.165) is 0 Å². The second kappa shape index (κ2) is 4.49. The van der Waals surface area contributed by atoms with Crippen molar-refractivity contribution in [1.29, 1.82) is 0 Å². The van der Waals surface area contributed by atoms with Crippen molar-refractivity contribution in [2.24, 2.45) is 5.92 Å². The molecule has 1 N–H and O–H groups in total. The first-order chi connectivity index (χ1) is 5.11. The fourth-order valence-electron chi connectivity index (χ4n) is 0.560. The fourth-order valence-corrected chi connectivity index (χ4v) is 0.560. The number of rotatable bonds is 5. The number of nitrogens with one attached hydrogen (secondary N) is 1. The number of nitrogens with zero attached hydrogens (tertiary/aromatic N) is 1. The minimum Gasteiger partial charge on any atom is -0.321 e. The van der Waals surface area contributed by atoms with Crippen molar-refractivity contribution < 1.29 is 9.59 Å². The van der Waals surface area contributed by atoms with Crippen molar-refractivity contribution in [2.45, 2.75) is 6.92 Å². The molecule has 0 aliphatic rings. The van der Waals surface area contributed by atoms with Gasteiger partial charge in [-0.2, -0.15) is 0 Å². The molecule has 0 bridgehead atoms. The van der Waals surface area contributed by atoms with Gasteiger partial charge in [-0.05, 0) is 6.20 Å². The van der Waals surface area contributed by atoms with Crippen LogP contribution in [-0.2, 0) is 9.59 Å². The molecule has 1 atom stereocenters. The van der Waals surface area contributed by atoms with E-state index in [9.17, 15) is 9.59 Å². The first-order valence-corrected chi connectivity index (χ1v) is 3.20. The summed E-state index contributed by atoms with van der Waals surface area (Å²) < 4.78 is 0. The average molecular weight is 155 g/mol. The van der Waals surface area contributed by atoms with E-state index >= 15 is 0 Å². The highest BCUT2D eigenvalue weighted by atomic mass is 16.1. The molecule has 2 amide bonds. The molecule has 11 heavy (non-hydrogen) atoms. The predicted octanol–water partition coefficient (Wildman–Crippen LogP) is 0.0339. The Kier molecular flexibility index (Phi) is 3.95. The van der Waals surface area contributed by atoms with Gasteiger partial charge >= 0.3 is 0 Å². The molecule has 0 heterocycles. The van der Waals surface area contributed by atoms with Crippen molar-refractivity contribution in [2.75, 3.05) is 6.54 Å². The molecule has 0 aliphatic heterocycles. The summed E-state index contributed by atoms with van der Waals surface area (Å²) in [6.45, 7) is 5.19. The van der Waals surface area contributed by atoms with Crippen LogP contribution in [0.2, 0.25) is 0 Å². The van der Waals surface area contributed by atoms with Gasteiger partial charge in [-0.1, -0.05) is 13.5 Å². The summed E-state index contributed by atoms with van der Waals surface area (Å²) in [5, 5.41) is 0. The fraction of sp³-hybridized carbons (Fsp3) is 0.429. The van der Waals surface area contributed by atoms with Gasteiger partial charge in [0.15, 0.2) is 0 Å². The lowest BCUT2D eigenvalue weighted by Gasteiger charge is -2.13. The molecular formula is C7H11N2O2. The molecule has 1 unspecified atom stereocenters. The normalized spacial score (nSPS) is 11.7. The molecule has 0 fully saturated rings. The third-order valence-corrected chi connectivity index (χ3v) is 1.30. The van der Waals surface area contributed by atoms with Gasteiger partial charge in [-0.25, -0.2) is 0 Å². The van der Waals surface area contributed by atoms with E-state index in [1.165, 1.54) is 11.1 Å². The maximum Gasteiger partial charge on any atom is 0.243 e. The minimum atomic E-state index is -0.668. The Morgan fingerprint density at radius 3 is 2.64 bits per heavy atom. The lowest BCUT2D eigenvalue weighted by molar-refractivity contribution is -0.123. The molecule has 0 aliphatic carbocycles. The second-order valence-corrected chi connectivity index (χ2v) is 2.25. The van der Waals surface area contributed by atoms with Gasteiger partial charge in [0.2, 0.25) is 12.3 Å². The van der Waals surface area contributed by atoms with Crippen LogP contribution in [0.3, 0.4) is 0 Å². The minimum absolute atomic E-state index is 0.231. The molecule has 0 aromatic rings. The van der Waals surface area contributed by atoms with Crippen LogP contribution >= 0.6 is 0 Å². The topological polar surface area (TPSA) is 61.2 Å². The lowest BCUT2D eigenvalue weighted by atomic mass is 10.1. The molecule has 61 valence electrons. The van der Waals surface area contributed by atoms with Crippen molar-refractivity contribution in [1.82, 2.24) is 10.6 Å². The highest BCUT2D eigenvalue weighted by molar-refractivity contribution is 5.76. The quantitative estimate of drug-likeness (QED) is 0.526. The van der Waals surface area contributed by atoms with Crippen LogP contribution in [0.15, 0.2) is 12.8 Å². The molecular weight excluding hydrogens is 144 g/mol. The maximum atomic E-state index is 10.4. The van der Waals surface area contributed by atoms with E-state index in [4.69, 9.17) is 5.73 Å². The summed E-state index contributed by atoms with van der Waals surface area (Å²) in [7, 11) is 0. The summed E-state index contributed by atoms with van der Waals surface area (Å²) >= 11 is 0. The first kappa shape index (κ1) is 9.68. The number of hydrogen-bond acceptors (Lipinski definition) is 2. The Morgan fingerprint density at radius 2 is 2.36 bits per heavy atom. The van der Waals surface area contributed by atoms with Gasteiger partial charge in [-0.3, -0.25) is 15.3 Å². The number of hydrogen-bond donors (Lipinski definition) is 0. The van der Waals surface area contributed by atoms with Crippen molar-refractivity contribution >= 4 is 12.3 Å². The Morgan fingerprint density at radius 1 is 1.82 bits per heavy atom. The van der Waals surface area contributed by atoms with Gasteiger partial charge in [0.25, 0.3) is 0 Å². The number of amides is 2. The standard InChI is InChI=1S/C7H11N2O2/c1-3-9(5-10)4-6(2)7(8)11/h3,5-6,8H,1,4H2,2H3. The molecule has 1 radical (unpaired) electrons. The van der Waals surface area contributed by atoms with Crippen LogP contribution in [0, 0.1) is 5.92 Å². The van der Waals surface area contributed by atoms with Crippen LogP contribution < -0.4 is 5.73 Å².